The summed E-state index contributed by atoms with van der Waals surface area (Å²) in [5.74, 6) is 0.132. The standard InChI is InChI=1S/C26H36N4O2/c1-29-23-11-10-21(18-22(23)24(28-29)25(31)30-14-6-3-7-15-30)27-19-26(12-16-32-17-13-26)20-8-4-2-5-9-20/h2,4-5,8-9,21,27H,3,6-7,10-19H2,1H3/t21-/m1/s1. The number of aryl methyl sites for hydroxylation is 1. The minimum atomic E-state index is 0.126. The number of carbonyl (C=O) groups excluding carboxylic acids is 1. The van der Waals surface area contributed by atoms with Crippen molar-refractivity contribution in [3.63, 3.8) is 0 Å². The lowest BCUT2D eigenvalue weighted by Gasteiger charge is -2.39. The van der Waals surface area contributed by atoms with Crippen LogP contribution in [-0.4, -0.2) is 59.5 Å². The van der Waals surface area contributed by atoms with Crippen LogP contribution in [0.2, 0.25) is 0 Å². The van der Waals surface area contributed by atoms with Gasteiger partial charge in [0.25, 0.3) is 5.91 Å². The van der Waals surface area contributed by atoms with Gasteiger partial charge in [-0.3, -0.25) is 9.48 Å². The zero-order valence-electron chi connectivity index (χ0n) is 19.3. The van der Waals surface area contributed by atoms with Crippen LogP contribution in [0, 0.1) is 0 Å². The van der Waals surface area contributed by atoms with Crippen molar-refractivity contribution >= 4 is 5.91 Å². The Bertz CT molecular complexity index is 927. The van der Waals surface area contributed by atoms with Crippen LogP contribution in [0.15, 0.2) is 30.3 Å². The molecule has 2 saturated heterocycles. The number of aromatic nitrogens is 2. The number of hydrogen-bond acceptors (Lipinski definition) is 4. The quantitative estimate of drug-likeness (QED) is 0.782. The van der Waals surface area contributed by atoms with Crippen molar-refractivity contribution < 1.29 is 9.53 Å². The number of fused-ring (bicyclic) bond motifs is 1. The molecule has 3 aliphatic rings. The van der Waals surface area contributed by atoms with E-state index in [1.165, 1.54) is 23.2 Å². The van der Waals surface area contributed by atoms with Crippen LogP contribution >= 0.6 is 0 Å². The lowest BCUT2D eigenvalue weighted by molar-refractivity contribution is 0.0486. The van der Waals surface area contributed by atoms with Gasteiger partial charge in [-0.2, -0.15) is 5.10 Å². The molecule has 1 aromatic heterocycles. The number of nitrogens with zero attached hydrogens (tertiary/aromatic N) is 3. The Balaban J connectivity index is 1.31. The van der Waals surface area contributed by atoms with Gasteiger partial charge >= 0.3 is 0 Å². The molecule has 2 fully saturated rings. The van der Waals surface area contributed by atoms with Crippen molar-refractivity contribution in [1.29, 1.82) is 0 Å². The van der Waals surface area contributed by atoms with Gasteiger partial charge in [0.15, 0.2) is 5.69 Å². The molecule has 2 aromatic rings. The van der Waals surface area contributed by atoms with Crippen LogP contribution in [-0.2, 0) is 30.0 Å². The number of nitrogens with one attached hydrogen (secondary N) is 1. The molecular formula is C26H36N4O2. The van der Waals surface area contributed by atoms with Crippen LogP contribution in [0.4, 0.5) is 0 Å². The van der Waals surface area contributed by atoms with E-state index in [0.717, 1.165) is 77.8 Å². The largest absolute Gasteiger partial charge is 0.381 e. The van der Waals surface area contributed by atoms with Gasteiger partial charge in [0, 0.05) is 62.6 Å². The minimum absolute atomic E-state index is 0.126. The second-order valence-corrected chi connectivity index (χ2v) is 9.83. The van der Waals surface area contributed by atoms with Crippen molar-refractivity contribution in [1.82, 2.24) is 20.0 Å². The summed E-state index contributed by atoms with van der Waals surface area (Å²) in [6.45, 7) is 4.34. The fourth-order valence-electron chi connectivity index (χ4n) is 5.84. The molecule has 0 bridgehead atoms. The Hall–Kier alpha value is -2.18. The third-order valence-corrected chi connectivity index (χ3v) is 7.87. The van der Waals surface area contributed by atoms with E-state index in [2.05, 4.69) is 35.6 Å². The van der Waals surface area contributed by atoms with Gasteiger partial charge in [-0.05, 0) is 56.9 Å². The first-order chi connectivity index (χ1) is 15.7. The molecule has 6 heteroatoms. The first kappa shape index (κ1) is 21.7. The maximum absolute atomic E-state index is 13.2. The Morgan fingerprint density at radius 1 is 1.16 bits per heavy atom. The van der Waals surface area contributed by atoms with Gasteiger partial charge in [0.2, 0.25) is 0 Å². The molecule has 172 valence electrons. The highest BCUT2D eigenvalue weighted by Crippen LogP contribution is 2.35. The third-order valence-electron chi connectivity index (χ3n) is 7.87. The number of rotatable bonds is 5. The van der Waals surface area contributed by atoms with Crippen LogP contribution < -0.4 is 5.32 Å². The Morgan fingerprint density at radius 2 is 1.91 bits per heavy atom. The van der Waals surface area contributed by atoms with Gasteiger partial charge in [0.05, 0.1) is 0 Å². The molecule has 0 spiro atoms. The maximum atomic E-state index is 13.2. The number of likely N-dealkylation sites (tertiary alicyclic amines) is 1. The van der Waals surface area contributed by atoms with Crippen molar-refractivity contribution in [3.8, 4) is 0 Å². The van der Waals surface area contributed by atoms with E-state index < -0.39 is 0 Å². The maximum Gasteiger partial charge on any atom is 0.274 e. The van der Waals surface area contributed by atoms with Crippen molar-refractivity contribution in [3.05, 3.63) is 52.8 Å². The lowest BCUT2D eigenvalue weighted by atomic mass is 9.73. The summed E-state index contributed by atoms with van der Waals surface area (Å²) in [4.78, 5) is 15.3. The van der Waals surface area contributed by atoms with Crippen LogP contribution in [0.1, 0.15) is 65.8 Å². The first-order valence-corrected chi connectivity index (χ1v) is 12.4. The number of hydrogen-bond donors (Lipinski definition) is 1. The summed E-state index contributed by atoms with van der Waals surface area (Å²) >= 11 is 0. The zero-order chi connectivity index (χ0) is 22.0. The average molecular weight is 437 g/mol. The summed E-state index contributed by atoms with van der Waals surface area (Å²) in [6.07, 6.45) is 8.49. The molecule has 2 aliphatic heterocycles. The molecule has 3 heterocycles. The lowest BCUT2D eigenvalue weighted by Crippen LogP contribution is -2.47. The smallest absolute Gasteiger partial charge is 0.274 e. The van der Waals surface area contributed by atoms with E-state index in [4.69, 9.17) is 9.84 Å². The van der Waals surface area contributed by atoms with Crippen LogP contribution in [0.5, 0.6) is 0 Å². The predicted molar refractivity (Wildman–Crippen MR) is 125 cm³/mol. The van der Waals surface area contributed by atoms with Gasteiger partial charge in [0.1, 0.15) is 0 Å². The van der Waals surface area contributed by atoms with Gasteiger partial charge in [-0.1, -0.05) is 30.3 Å². The number of benzene rings is 1. The minimum Gasteiger partial charge on any atom is -0.381 e. The summed E-state index contributed by atoms with van der Waals surface area (Å²) < 4.78 is 7.66. The summed E-state index contributed by atoms with van der Waals surface area (Å²) in [6, 6.07) is 11.3. The average Bonchev–Trinajstić information content (AvgIpc) is 3.19. The molecule has 6 nitrogen and oxygen atoms in total. The van der Waals surface area contributed by atoms with E-state index in [1.807, 2.05) is 16.6 Å². The fraction of sp³-hybridized carbons (Fsp3) is 0.615. The summed E-state index contributed by atoms with van der Waals surface area (Å²) in [7, 11) is 1.99. The first-order valence-electron chi connectivity index (χ1n) is 12.4. The second kappa shape index (κ2) is 9.36. The van der Waals surface area contributed by atoms with E-state index in [9.17, 15) is 4.79 Å². The topological polar surface area (TPSA) is 59.4 Å². The second-order valence-electron chi connectivity index (χ2n) is 9.83. The molecule has 1 aliphatic carbocycles. The summed E-state index contributed by atoms with van der Waals surface area (Å²) in [5, 5.41) is 8.60. The van der Waals surface area contributed by atoms with E-state index in [1.54, 1.807) is 0 Å². The third kappa shape index (κ3) is 4.23. The zero-order valence-corrected chi connectivity index (χ0v) is 19.3. The molecule has 0 radical (unpaired) electrons. The van der Waals surface area contributed by atoms with E-state index >= 15 is 0 Å². The van der Waals surface area contributed by atoms with Gasteiger partial charge < -0.3 is 15.0 Å². The molecule has 1 amide bonds. The number of piperidine rings is 1. The Morgan fingerprint density at radius 3 is 2.66 bits per heavy atom. The van der Waals surface area contributed by atoms with E-state index in [0.29, 0.717) is 11.7 Å². The van der Waals surface area contributed by atoms with Crippen molar-refractivity contribution in [2.45, 2.75) is 62.8 Å². The number of amides is 1. The predicted octanol–water partition coefficient (Wildman–Crippen LogP) is 3.24. The highest BCUT2D eigenvalue weighted by Gasteiger charge is 2.36. The van der Waals surface area contributed by atoms with Crippen LogP contribution in [0.25, 0.3) is 0 Å². The fourth-order valence-corrected chi connectivity index (χ4v) is 5.84. The molecule has 1 atom stereocenters. The SMILES string of the molecule is Cn1nc(C(=O)N2CCCCC2)c2c1CC[C@@H](NCC1(c3ccccc3)CCOCC1)C2. The highest BCUT2D eigenvalue weighted by atomic mass is 16.5. The Kier molecular flexibility index (Phi) is 6.33. The van der Waals surface area contributed by atoms with Gasteiger partial charge in [-0.15, -0.1) is 0 Å². The Labute approximate surface area is 191 Å². The highest BCUT2D eigenvalue weighted by molar-refractivity contribution is 5.94. The molecule has 1 aromatic carbocycles. The molecular weight excluding hydrogens is 400 g/mol. The van der Waals surface area contributed by atoms with Gasteiger partial charge in [-0.25, -0.2) is 0 Å². The van der Waals surface area contributed by atoms with Crippen LogP contribution in [0.3, 0.4) is 0 Å². The van der Waals surface area contributed by atoms with Crippen molar-refractivity contribution in [2.75, 3.05) is 32.8 Å². The molecule has 1 N–H and O–H groups in total. The normalized spacial score (nSPS) is 23.0. The molecule has 5 rings (SSSR count). The molecule has 32 heavy (non-hydrogen) atoms. The monoisotopic (exact) mass is 436 g/mol. The van der Waals surface area contributed by atoms with Crippen molar-refractivity contribution in [2.24, 2.45) is 7.05 Å². The summed E-state index contributed by atoms with van der Waals surface area (Å²) in [5.41, 5.74) is 4.65. The number of carbonyl (C=O) groups is 1. The molecule has 0 saturated carbocycles. The molecule has 0 unspecified atom stereocenters. The van der Waals surface area contributed by atoms with E-state index in [-0.39, 0.29) is 11.3 Å². The number of ether oxygens (including phenoxy) is 1.